The van der Waals surface area contributed by atoms with Gasteiger partial charge in [-0.15, -0.1) is 0 Å². The van der Waals surface area contributed by atoms with Crippen molar-refractivity contribution >= 4 is 11.8 Å². The molecule has 2 amide bonds. The van der Waals surface area contributed by atoms with Crippen LogP contribution in [0.2, 0.25) is 0 Å². The second-order valence-corrected chi connectivity index (χ2v) is 4.30. The van der Waals surface area contributed by atoms with Gasteiger partial charge in [-0.3, -0.25) is 9.59 Å². The molecule has 1 aliphatic heterocycles. The highest BCUT2D eigenvalue weighted by Gasteiger charge is 2.13. The van der Waals surface area contributed by atoms with Crippen molar-refractivity contribution in [3.05, 3.63) is 0 Å². The summed E-state index contributed by atoms with van der Waals surface area (Å²) in [4.78, 5) is 22.5. The maximum Gasteiger partial charge on any atom is 0.239 e. The van der Waals surface area contributed by atoms with Gasteiger partial charge in [0.1, 0.15) is 0 Å². The minimum absolute atomic E-state index is 0.0417. The third kappa shape index (κ3) is 6.56. The van der Waals surface area contributed by atoms with Crippen molar-refractivity contribution < 1.29 is 14.3 Å². The number of likely N-dealkylation sites (N-methyl/N-ethyl adjacent to an activating group) is 1. The molecule has 0 aromatic heterocycles. The quantitative estimate of drug-likeness (QED) is 0.569. The lowest BCUT2D eigenvalue weighted by atomic mass is 10.1. The first-order valence-corrected chi connectivity index (χ1v) is 6.58. The molecule has 1 rings (SSSR count). The van der Waals surface area contributed by atoms with E-state index >= 15 is 0 Å². The molecule has 1 fully saturated rings. The number of hydrogen-bond donors (Lipinski definition) is 3. The largest absolute Gasteiger partial charge is 0.378 e. The lowest BCUT2D eigenvalue weighted by molar-refractivity contribution is -0.127. The van der Waals surface area contributed by atoms with E-state index in [-0.39, 0.29) is 24.5 Å². The smallest absolute Gasteiger partial charge is 0.239 e. The minimum Gasteiger partial charge on any atom is -0.378 e. The summed E-state index contributed by atoms with van der Waals surface area (Å²) in [6.07, 6.45) is 2.58. The molecule has 0 radical (unpaired) electrons. The average molecular weight is 257 g/mol. The molecule has 1 aliphatic rings. The molecular formula is C12H23N3O3. The fourth-order valence-electron chi connectivity index (χ4n) is 1.81. The first-order valence-electron chi connectivity index (χ1n) is 6.58. The van der Waals surface area contributed by atoms with Crippen molar-refractivity contribution in [2.24, 2.45) is 0 Å². The Bertz CT molecular complexity index is 265. The Morgan fingerprint density at radius 1 is 1.22 bits per heavy atom. The fraction of sp³-hybridized carbons (Fsp3) is 0.833. The molecule has 0 aromatic rings. The highest BCUT2D eigenvalue weighted by Crippen LogP contribution is 2.07. The Morgan fingerprint density at radius 3 is 2.61 bits per heavy atom. The molecule has 6 heteroatoms. The fourth-order valence-corrected chi connectivity index (χ4v) is 1.81. The Hall–Kier alpha value is -1.14. The number of amides is 2. The molecule has 18 heavy (non-hydrogen) atoms. The Balaban J connectivity index is 2.00. The summed E-state index contributed by atoms with van der Waals surface area (Å²) in [6.45, 7) is 4.84. The van der Waals surface area contributed by atoms with Gasteiger partial charge in [0.05, 0.1) is 19.3 Å². The van der Waals surface area contributed by atoms with Crippen LogP contribution in [0.3, 0.4) is 0 Å². The lowest BCUT2D eigenvalue weighted by Crippen LogP contribution is -2.37. The Kier molecular flexibility index (Phi) is 7.36. The van der Waals surface area contributed by atoms with E-state index < -0.39 is 0 Å². The topological polar surface area (TPSA) is 79.5 Å². The number of ether oxygens (including phenoxy) is 1. The van der Waals surface area contributed by atoms with Crippen molar-refractivity contribution in [2.45, 2.75) is 32.3 Å². The van der Waals surface area contributed by atoms with Crippen LogP contribution in [-0.2, 0) is 14.3 Å². The van der Waals surface area contributed by atoms with Gasteiger partial charge in [0, 0.05) is 13.0 Å². The zero-order valence-corrected chi connectivity index (χ0v) is 11.0. The first-order chi connectivity index (χ1) is 8.72. The zero-order valence-electron chi connectivity index (χ0n) is 11.0. The number of carbonyl (C=O) groups excluding carboxylic acids is 2. The monoisotopic (exact) mass is 257 g/mol. The Morgan fingerprint density at radius 2 is 1.94 bits per heavy atom. The number of rotatable bonds is 7. The van der Waals surface area contributed by atoms with Crippen molar-refractivity contribution in [2.75, 3.05) is 32.8 Å². The molecule has 0 saturated carbocycles. The highest BCUT2D eigenvalue weighted by molar-refractivity contribution is 5.84. The molecule has 1 saturated heterocycles. The molecule has 0 atom stereocenters. The standard InChI is InChI=1S/C12H23N3O3/c1-2-14-12(17)9-15-11(16)5-8-18-10-3-6-13-7-4-10/h10,13H,2-9H2,1H3,(H,14,17)(H,15,16). The third-order valence-corrected chi connectivity index (χ3v) is 2.79. The molecule has 0 spiro atoms. The van der Waals surface area contributed by atoms with Crippen LogP contribution in [0.5, 0.6) is 0 Å². The van der Waals surface area contributed by atoms with Crippen LogP contribution in [0.25, 0.3) is 0 Å². The van der Waals surface area contributed by atoms with Crippen LogP contribution in [-0.4, -0.2) is 50.7 Å². The maximum absolute atomic E-state index is 11.4. The molecule has 0 aliphatic carbocycles. The zero-order chi connectivity index (χ0) is 13.2. The van der Waals surface area contributed by atoms with Gasteiger partial charge in [-0.25, -0.2) is 0 Å². The summed E-state index contributed by atoms with van der Waals surface area (Å²) >= 11 is 0. The van der Waals surface area contributed by atoms with E-state index in [4.69, 9.17) is 4.74 Å². The van der Waals surface area contributed by atoms with Crippen LogP contribution in [0.1, 0.15) is 26.2 Å². The predicted molar refractivity (Wildman–Crippen MR) is 68.2 cm³/mol. The Labute approximate surface area is 108 Å². The van der Waals surface area contributed by atoms with Crippen LogP contribution in [0, 0.1) is 0 Å². The van der Waals surface area contributed by atoms with Crippen LogP contribution < -0.4 is 16.0 Å². The van der Waals surface area contributed by atoms with Crippen LogP contribution >= 0.6 is 0 Å². The van der Waals surface area contributed by atoms with Crippen LogP contribution in [0.4, 0.5) is 0 Å². The van der Waals surface area contributed by atoms with Gasteiger partial charge < -0.3 is 20.7 Å². The van der Waals surface area contributed by atoms with E-state index in [9.17, 15) is 9.59 Å². The van der Waals surface area contributed by atoms with Gasteiger partial charge in [0.25, 0.3) is 0 Å². The molecule has 3 N–H and O–H groups in total. The molecular weight excluding hydrogens is 234 g/mol. The summed E-state index contributed by atoms with van der Waals surface area (Å²) in [5.41, 5.74) is 0. The maximum atomic E-state index is 11.4. The summed E-state index contributed by atoms with van der Waals surface area (Å²) in [6, 6.07) is 0. The molecule has 104 valence electrons. The highest BCUT2D eigenvalue weighted by atomic mass is 16.5. The van der Waals surface area contributed by atoms with Crippen LogP contribution in [0.15, 0.2) is 0 Å². The second kappa shape index (κ2) is 8.88. The summed E-state index contributed by atoms with van der Waals surface area (Å²) in [5.74, 6) is -0.305. The molecule has 1 heterocycles. The number of piperidine rings is 1. The van der Waals surface area contributed by atoms with Crippen molar-refractivity contribution in [1.29, 1.82) is 0 Å². The average Bonchev–Trinajstić information content (AvgIpc) is 2.38. The molecule has 0 unspecified atom stereocenters. The van der Waals surface area contributed by atoms with Crippen molar-refractivity contribution in [3.8, 4) is 0 Å². The minimum atomic E-state index is -0.162. The van der Waals surface area contributed by atoms with E-state index in [1.54, 1.807) is 0 Å². The molecule has 0 bridgehead atoms. The number of nitrogens with one attached hydrogen (secondary N) is 3. The van der Waals surface area contributed by atoms with Gasteiger partial charge in [0.15, 0.2) is 0 Å². The van der Waals surface area contributed by atoms with E-state index in [1.165, 1.54) is 0 Å². The van der Waals surface area contributed by atoms with Gasteiger partial charge in [-0.05, 0) is 32.9 Å². The predicted octanol–water partition coefficient (Wildman–Crippen LogP) is -0.603. The van der Waals surface area contributed by atoms with E-state index in [2.05, 4.69) is 16.0 Å². The van der Waals surface area contributed by atoms with E-state index in [0.29, 0.717) is 19.6 Å². The SMILES string of the molecule is CCNC(=O)CNC(=O)CCOC1CCNCC1. The van der Waals surface area contributed by atoms with E-state index in [1.807, 2.05) is 6.92 Å². The summed E-state index contributed by atoms with van der Waals surface area (Å²) in [7, 11) is 0. The molecule has 6 nitrogen and oxygen atoms in total. The number of carbonyl (C=O) groups is 2. The summed E-state index contributed by atoms with van der Waals surface area (Å²) < 4.78 is 5.61. The van der Waals surface area contributed by atoms with Gasteiger partial charge in [-0.1, -0.05) is 0 Å². The van der Waals surface area contributed by atoms with Crippen molar-refractivity contribution in [1.82, 2.24) is 16.0 Å². The van der Waals surface area contributed by atoms with Gasteiger partial charge >= 0.3 is 0 Å². The third-order valence-electron chi connectivity index (χ3n) is 2.79. The lowest BCUT2D eigenvalue weighted by Gasteiger charge is -2.22. The second-order valence-electron chi connectivity index (χ2n) is 4.30. The number of hydrogen-bond acceptors (Lipinski definition) is 4. The first kappa shape index (κ1) is 14.9. The summed E-state index contributed by atoms with van der Waals surface area (Å²) in [5, 5.41) is 8.43. The van der Waals surface area contributed by atoms with Gasteiger partial charge in [-0.2, -0.15) is 0 Å². The van der Waals surface area contributed by atoms with E-state index in [0.717, 1.165) is 25.9 Å². The normalized spacial score (nSPS) is 16.3. The molecule has 0 aromatic carbocycles. The van der Waals surface area contributed by atoms with Gasteiger partial charge in [0.2, 0.25) is 11.8 Å². The van der Waals surface area contributed by atoms with Crippen molar-refractivity contribution in [3.63, 3.8) is 0 Å².